The largest absolute Gasteiger partial charge is 0.409 e. The third kappa shape index (κ3) is 4.79. The first-order chi connectivity index (χ1) is 13.7. The van der Waals surface area contributed by atoms with Crippen molar-refractivity contribution in [1.29, 1.82) is 0 Å². The Kier molecular flexibility index (Phi) is 6.28. The molecule has 0 radical (unpaired) electrons. The van der Waals surface area contributed by atoms with Crippen molar-refractivity contribution in [2.24, 2.45) is 5.92 Å². The predicted molar refractivity (Wildman–Crippen MR) is 107 cm³/mol. The Balaban J connectivity index is 1.90. The molecule has 0 fully saturated rings. The molecule has 2 unspecified atom stereocenters. The van der Waals surface area contributed by atoms with Gasteiger partial charge in [0.15, 0.2) is 0 Å². The lowest BCUT2D eigenvalue weighted by Crippen LogP contribution is -2.52. The first-order valence-electron chi connectivity index (χ1n) is 9.23. The number of benzene rings is 1. The van der Waals surface area contributed by atoms with Crippen molar-refractivity contribution in [3.63, 3.8) is 0 Å². The standard InChI is InChI=1S/C20H22F3N3O2S/c1-12(2)19(15-8-5-9-29-15)24-11-18(28)26-14-7-4-3-6-13(14)25-17(27)10-16(26)20(21,22)23/h3-9,12,16,19,24H,10-11H2,1-2H3,(H,25,27). The van der Waals surface area contributed by atoms with Crippen LogP contribution in [0.25, 0.3) is 0 Å². The third-order valence-electron chi connectivity index (χ3n) is 4.76. The lowest BCUT2D eigenvalue weighted by atomic mass is 10.0. The number of alkyl halides is 3. The van der Waals surface area contributed by atoms with Gasteiger partial charge in [0.1, 0.15) is 6.04 Å². The number of nitrogens with zero attached hydrogens (tertiary/aromatic N) is 1. The van der Waals surface area contributed by atoms with Crippen LogP contribution in [0, 0.1) is 5.92 Å². The van der Waals surface area contributed by atoms with Gasteiger partial charge < -0.3 is 10.6 Å². The fraction of sp³-hybridized carbons (Fsp3) is 0.400. The van der Waals surface area contributed by atoms with Gasteiger partial charge in [-0.2, -0.15) is 13.2 Å². The highest BCUT2D eigenvalue weighted by molar-refractivity contribution is 7.10. The summed E-state index contributed by atoms with van der Waals surface area (Å²) in [6, 6.07) is 7.47. The summed E-state index contributed by atoms with van der Waals surface area (Å²) in [5.41, 5.74) is 0.237. The van der Waals surface area contributed by atoms with Crippen LogP contribution in [-0.4, -0.2) is 30.6 Å². The molecule has 1 aromatic carbocycles. The van der Waals surface area contributed by atoms with Gasteiger partial charge >= 0.3 is 6.18 Å². The molecule has 2 aromatic rings. The second kappa shape index (κ2) is 8.54. The van der Waals surface area contributed by atoms with Gasteiger partial charge in [-0.25, -0.2) is 0 Å². The molecule has 156 valence electrons. The topological polar surface area (TPSA) is 61.4 Å². The number of carbonyl (C=O) groups excluding carboxylic acids is 2. The smallest absolute Gasteiger partial charge is 0.324 e. The van der Waals surface area contributed by atoms with E-state index in [1.165, 1.54) is 23.5 Å². The van der Waals surface area contributed by atoms with E-state index in [4.69, 9.17) is 0 Å². The SMILES string of the molecule is CC(C)C(NCC(=O)N1c2ccccc2NC(=O)CC1C(F)(F)F)c1cccs1. The summed E-state index contributed by atoms with van der Waals surface area (Å²) in [7, 11) is 0. The number of anilines is 2. The van der Waals surface area contributed by atoms with Crippen LogP contribution in [0.5, 0.6) is 0 Å². The van der Waals surface area contributed by atoms with E-state index < -0.39 is 30.5 Å². The van der Waals surface area contributed by atoms with Gasteiger partial charge in [0.25, 0.3) is 0 Å². The summed E-state index contributed by atoms with van der Waals surface area (Å²) in [5, 5.41) is 7.48. The lowest BCUT2D eigenvalue weighted by molar-refractivity contribution is -0.157. The predicted octanol–water partition coefficient (Wildman–Crippen LogP) is 4.34. The average Bonchev–Trinajstić information content (AvgIpc) is 3.10. The van der Waals surface area contributed by atoms with Crippen molar-refractivity contribution >= 4 is 34.5 Å². The van der Waals surface area contributed by atoms with E-state index in [1.54, 1.807) is 12.1 Å². The Hall–Kier alpha value is -2.39. The number of thiophene rings is 1. The zero-order chi connectivity index (χ0) is 21.2. The number of rotatable bonds is 5. The Morgan fingerprint density at radius 1 is 1.28 bits per heavy atom. The minimum Gasteiger partial charge on any atom is -0.324 e. The number of amides is 2. The monoisotopic (exact) mass is 425 g/mol. The zero-order valence-electron chi connectivity index (χ0n) is 16.0. The van der Waals surface area contributed by atoms with Gasteiger partial charge in [0, 0.05) is 10.9 Å². The molecule has 3 rings (SSSR count). The number of hydrogen-bond acceptors (Lipinski definition) is 4. The van der Waals surface area contributed by atoms with Crippen molar-refractivity contribution in [3.8, 4) is 0 Å². The number of halogens is 3. The van der Waals surface area contributed by atoms with Crippen molar-refractivity contribution in [1.82, 2.24) is 5.32 Å². The maximum absolute atomic E-state index is 13.8. The van der Waals surface area contributed by atoms with E-state index in [0.29, 0.717) is 4.90 Å². The molecule has 2 N–H and O–H groups in total. The maximum atomic E-state index is 13.8. The normalized spacial score (nSPS) is 18.2. The molecule has 29 heavy (non-hydrogen) atoms. The van der Waals surface area contributed by atoms with Crippen molar-refractivity contribution in [3.05, 3.63) is 46.7 Å². The molecule has 2 heterocycles. The molecule has 1 aliphatic rings. The first-order valence-corrected chi connectivity index (χ1v) is 10.1. The lowest BCUT2D eigenvalue weighted by Gasteiger charge is -2.32. The van der Waals surface area contributed by atoms with E-state index in [0.717, 1.165) is 4.88 Å². The van der Waals surface area contributed by atoms with Crippen LogP contribution in [-0.2, 0) is 9.59 Å². The molecule has 0 bridgehead atoms. The summed E-state index contributed by atoms with van der Waals surface area (Å²) in [6.45, 7) is 3.67. The van der Waals surface area contributed by atoms with Crippen LogP contribution in [0.1, 0.15) is 31.2 Å². The Morgan fingerprint density at radius 2 is 2.00 bits per heavy atom. The highest BCUT2D eigenvalue weighted by Crippen LogP contribution is 2.37. The van der Waals surface area contributed by atoms with Crippen LogP contribution in [0.2, 0.25) is 0 Å². The Labute approximate surface area is 170 Å². The summed E-state index contributed by atoms with van der Waals surface area (Å²) < 4.78 is 41.3. The third-order valence-corrected chi connectivity index (χ3v) is 5.72. The molecule has 1 aliphatic heterocycles. The van der Waals surface area contributed by atoms with E-state index in [-0.39, 0.29) is 29.9 Å². The number of carbonyl (C=O) groups is 2. The molecule has 0 saturated carbocycles. The maximum Gasteiger partial charge on any atom is 0.409 e. The fourth-order valence-corrected chi connectivity index (χ4v) is 4.38. The van der Waals surface area contributed by atoms with Crippen LogP contribution in [0.4, 0.5) is 24.5 Å². The molecule has 9 heteroatoms. The number of fused-ring (bicyclic) bond motifs is 1. The minimum absolute atomic E-state index is 0.0460. The number of para-hydroxylation sites is 2. The van der Waals surface area contributed by atoms with Gasteiger partial charge in [0.05, 0.1) is 24.3 Å². The van der Waals surface area contributed by atoms with Gasteiger partial charge in [0.2, 0.25) is 11.8 Å². The van der Waals surface area contributed by atoms with Crippen molar-refractivity contribution in [2.45, 2.75) is 38.5 Å². The van der Waals surface area contributed by atoms with E-state index in [9.17, 15) is 22.8 Å². The quantitative estimate of drug-likeness (QED) is 0.749. The van der Waals surface area contributed by atoms with Crippen LogP contribution in [0.15, 0.2) is 41.8 Å². The van der Waals surface area contributed by atoms with E-state index in [2.05, 4.69) is 10.6 Å². The molecule has 0 spiro atoms. The molecule has 0 aliphatic carbocycles. The minimum atomic E-state index is -4.74. The number of hydrogen-bond donors (Lipinski definition) is 2. The van der Waals surface area contributed by atoms with Gasteiger partial charge in [-0.1, -0.05) is 32.0 Å². The molecule has 1 aromatic heterocycles. The van der Waals surface area contributed by atoms with Gasteiger partial charge in [-0.15, -0.1) is 11.3 Å². The summed E-state index contributed by atoms with van der Waals surface area (Å²) in [4.78, 5) is 26.7. The Morgan fingerprint density at radius 3 is 2.62 bits per heavy atom. The second-order valence-corrected chi connectivity index (χ2v) is 8.19. The first kappa shape index (κ1) is 21.3. The van der Waals surface area contributed by atoms with E-state index in [1.807, 2.05) is 31.4 Å². The molecule has 0 saturated heterocycles. The molecule has 5 nitrogen and oxygen atoms in total. The molecule has 2 atom stereocenters. The molecule has 2 amide bonds. The van der Waals surface area contributed by atoms with E-state index >= 15 is 0 Å². The summed E-state index contributed by atoms with van der Waals surface area (Å²) in [5.74, 6) is -1.38. The summed E-state index contributed by atoms with van der Waals surface area (Å²) >= 11 is 1.52. The van der Waals surface area contributed by atoms with Crippen LogP contribution >= 0.6 is 11.3 Å². The van der Waals surface area contributed by atoms with Gasteiger partial charge in [-0.3, -0.25) is 14.5 Å². The number of nitrogens with one attached hydrogen (secondary N) is 2. The second-order valence-electron chi connectivity index (χ2n) is 7.21. The molecular formula is C20H22F3N3O2S. The highest BCUT2D eigenvalue weighted by atomic mass is 32.1. The van der Waals surface area contributed by atoms with Gasteiger partial charge in [-0.05, 0) is 29.5 Å². The van der Waals surface area contributed by atoms with Crippen LogP contribution in [0.3, 0.4) is 0 Å². The molecular weight excluding hydrogens is 403 g/mol. The average molecular weight is 425 g/mol. The Bertz CT molecular complexity index is 868. The zero-order valence-corrected chi connectivity index (χ0v) is 16.8. The van der Waals surface area contributed by atoms with Crippen LogP contribution < -0.4 is 15.5 Å². The van der Waals surface area contributed by atoms with Crippen molar-refractivity contribution < 1.29 is 22.8 Å². The highest BCUT2D eigenvalue weighted by Gasteiger charge is 2.48. The fourth-order valence-electron chi connectivity index (χ4n) is 3.41. The van der Waals surface area contributed by atoms with Crippen molar-refractivity contribution in [2.75, 3.05) is 16.8 Å². The summed E-state index contributed by atoms with van der Waals surface area (Å²) in [6.07, 6.45) is -5.59.